The molecule has 0 spiro atoms. The highest BCUT2D eigenvalue weighted by molar-refractivity contribution is 7.99. The van der Waals surface area contributed by atoms with E-state index in [9.17, 15) is 28.8 Å². The first kappa shape index (κ1) is 52.4. The smallest absolute Gasteiger partial charge is 0.247 e. The van der Waals surface area contributed by atoms with Gasteiger partial charge >= 0.3 is 0 Å². The molecule has 2 fully saturated rings. The highest BCUT2D eigenvalue weighted by Crippen LogP contribution is 2.36. The molecule has 17 heteroatoms. The summed E-state index contributed by atoms with van der Waals surface area (Å²) in [5.74, 6) is 11.3. The average Bonchev–Trinajstić information content (AvgIpc) is 4.00. The Morgan fingerprint density at radius 2 is 1.17 bits per heavy atom. The molecule has 5 N–H and O–H groups in total. The zero-order chi connectivity index (χ0) is 44.2. The van der Waals surface area contributed by atoms with Crippen LogP contribution in [0, 0.1) is 23.7 Å². The van der Waals surface area contributed by atoms with E-state index in [1.54, 1.807) is 32.8 Å². The van der Waals surface area contributed by atoms with Crippen molar-refractivity contribution in [3.63, 3.8) is 0 Å². The topological polar surface area (TPSA) is 169 Å². The fraction of sp³-hybridized carbons (Fsp3) is 0.532. The van der Waals surface area contributed by atoms with Crippen molar-refractivity contribution in [1.29, 1.82) is 0 Å². The van der Waals surface area contributed by atoms with E-state index in [-0.39, 0.29) is 73.1 Å². The van der Waals surface area contributed by atoms with Crippen molar-refractivity contribution in [1.82, 2.24) is 36.4 Å². The number of benzene rings is 2. The molecule has 8 atom stereocenters. The monoisotopic (exact) mass is 953 g/mol. The Balaban J connectivity index is 0.00000449. The van der Waals surface area contributed by atoms with Crippen molar-refractivity contribution in [3.05, 3.63) is 70.8 Å². The Morgan fingerprint density at radius 1 is 0.688 bits per heavy atom. The molecule has 0 aromatic heterocycles. The number of ketones is 1. The Kier molecular flexibility index (Phi) is 20.9. The molecule has 6 rings (SSSR count). The van der Waals surface area contributed by atoms with E-state index in [0.29, 0.717) is 29.7 Å². The summed E-state index contributed by atoms with van der Waals surface area (Å²) in [6.45, 7) is 3.37. The maximum Gasteiger partial charge on any atom is 0.247 e. The molecule has 4 aliphatic rings. The largest absolute Gasteiger partial charge is 0.347 e. The van der Waals surface area contributed by atoms with Gasteiger partial charge in [-0.25, -0.2) is 0 Å². The number of nitrogens with zero attached hydrogens (tertiary/aromatic N) is 2. The summed E-state index contributed by atoms with van der Waals surface area (Å²) < 4.78 is 0. The number of amides is 5. The van der Waals surface area contributed by atoms with E-state index in [1.807, 2.05) is 30.3 Å². The van der Waals surface area contributed by atoms with Gasteiger partial charge in [-0.15, -0.1) is 48.3 Å². The van der Waals surface area contributed by atoms with Gasteiger partial charge in [0.1, 0.15) is 24.2 Å². The maximum atomic E-state index is 14.1. The van der Waals surface area contributed by atoms with Crippen LogP contribution in [-0.2, 0) is 41.6 Å². The molecular weight excluding hydrogens is 894 g/mol. The summed E-state index contributed by atoms with van der Waals surface area (Å²) in [7, 11) is 3.30. The molecule has 0 saturated carbocycles. The van der Waals surface area contributed by atoms with Crippen molar-refractivity contribution in [2.45, 2.75) is 120 Å². The lowest BCUT2D eigenvalue weighted by Crippen LogP contribution is -2.56. The lowest BCUT2D eigenvalue weighted by molar-refractivity contribution is -0.141. The van der Waals surface area contributed by atoms with Gasteiger partial charge in [-0.3, -0.25) is 28.8 Å². The number of carbonyl (C=O) groups excluding carboxylic acids is 6. The van der Waals surface area contributed by atoms with Gasteiger partial charge in [0.2, 0.25) is 29.5 Å². The molecule has 64 heavy (non-hydrogen) atoms. The van der Waals surface area contributed by atoms with Gasteiger partial charge in [-0.1, -0.05) is 60.4 Å². The number of thioether (sulfide) groups is 2. The van der Waals surface area contributed by atoms with Crippen LogP contribution in [0.15, 0.2) is 48.5 Å². The Bertz CT molecular complexity index is 1980. The van der Waals surface area contributed by atoms with Crippen molar-refractivity contribution in [2.75, 3.05) is 37.4 Å². The zero-order valence-electron chi connectivity index (χ0n) is 36.9. The number of likely N-dealkylation sites (N-methyl/N-ethyl adjacent to an activating group) is 2. The molecule has 0 radical (unpaired) electrons. The molecule has 2 saturated heterocycles. The van der Waals surface area contributed by atoms with E-state index in [0.717, 1.165) is 44.1 Å². The minimum Gasteiger partial charge on any atom is -0.347 e. The molecular formula is C47H61Cl2N7O6S2. The van der Waals surface area contributed by atoms with Gasteiger partial charge in [-0.05, 0) is 106 Å². The van der Waals surface area contributed by atoms with Gasteiger partial charge in [0.05, 0.1) is 29.9 Å². The molecule has 2 aliphatic heterocycles. The summed E-state index contributed by atoms with van der Waals surface area (Å²) >= 11 is 3.00. The Labute approximate surface area is 398 Å². The molecule has 13 nitrogen and oxygen atoms in total. The summed E-state index contributed by atoms with van der Waals surface area (Å²) in [6, 6.07) is 11.7. The van der Waals surface area contributed by atoms with Gasteiger partial charge < -0.3 is 36.4 Å². The van der Waals surface area contributed by atoms with Crippen molar-refractivity contribution in [3.8, 4) is 23.7 Å². The number of hydrogen-bond acceptors (Lipinski definition) is 10. The number of hydrogen-bond donors (Lipinski definition) is 5. The molecule has 0 bridgehead atoms. The number of carbonyl (C=O) groups is 6. The first-order chi connectivity index (χ1) is 30.0. The third-order valence-electron chi connectivity index (χ3n) is 12.4. The zero-order valence-corrected chi connectivity index (χ0v) is 40.2. The molecule has 2 aliphatic carbocycles. The standard InChI is InChI=1S/C47H59N7O6S2.2ClH/c1-30(48-3)43(56)51-38(46(59)53-28-61-26-40(53)42(55)25-34-19-13-17-32-15-9-11-20-35(32)34)22-7-5-6-8-23-39(52-44(57)31(2)49-4)47(60)54-29-62-27-41(54)45(58)50-37-24-14-18-33-16-10-12-21-36(33)37;;/h9-12,15-16,20-21,30-31,34,37-41,48-49H,13-14,17-19,22-29H2,1-4H3,(H,50,58)(H,51,56)(H,52,57);2*1H/t30-,31-,34-,37+,38-,39-,40-,41-;;/m0../s1. The predicted molar refractivity (Wildman–Crippen MR) is 258 cm³/mol. The number of nitrogens with one attached hydrogen (secondary N) is 5. The van der Waals surface area contributed by atoms with E-state index >= 15 is 0 Å². The van der Waals surface area contributed by atoms with Crippen LogP contribution in [0.2, 0.25) is 0 Å². The van der Waals surface area contributed by atoms with Crippen LogP contribution in [0.3, 0.4) is 0 Å². The summed E-state index contributed by atoms with van der Waals surface area (Å²) in [5, 5.41) is 14.6. The minimum absolute atomic E-state index is 0. The Morgan fingerprint density at radius 3 is 1.73 bits per heavy atom. The highest BCUT2D eigenvalue weighted by Gasteiger charge is 2.41. The lowest BCUT2D eigenvalue weighted by atomic mass is 9.79. The normalized spacial score (nSPS) is 21.5. The second-order valence-corrected chi connectivity index (χ2v) is 18.4. The van der Waals surface area contributed by atoms with Gasteiger partial charge in [0.25, 0.3) is 0 Å². The van der Waals surface area contributed by atoms with Gasteiger partial charge in [0.15, 0.2) is 5.78 Å². The van der Waals surface area contributed by atoms with Crippen LogP contribution in [0.1, 0.15) is 93.0 Å². The van der Waals surface area contributed by atoms with E-state index in [1.165, 1.54) is 45.1 Å². The third-order valence-corrected chi connectivity index (χ3v) is 14.4. The number of fused-ring (bicyclic) bond motifs is 2. The minimum atomic E-state index is -1.04. The SMILES string of the molecule is CN[C@@H](C)C(=O)N[C@@H](CC#CC#CC[C@H](NC(=O)[C@H](C)NC)C(=O)N1CSC[C@H]1C(=O)N[C@@H]1CCCc2ccccc21)C(=O)N1CSC[C@H]1C(=O)C[C@@H]1CCCc2ccccc21.Cl.Cl. The number of halogens is 2. The van der Waals surface area contributed by atoms with Crippen LogP contribution in [0.25, 0.3) is 0 Å². The lowest BCUT2D eigenvalue weighted by Gasteiger charge is -2.31. The fourth-order valence-electron chi connectivity index (χ4n) is 8.47. The van der Waals surface area contributed by atoms with Gasteiger partial charge in [0, 0.05) is 30.8 Å². The summed E-state index contributed by atoms with van der Waals surface area (Å²) in [5.41, 5.74) is 4.82. The summed E-state index contributed by atoms with van der Waals surface area (Å²) in [6.07, 6.45) is 5.92. The fourth-order valence-corrected chi connectivity index (χ4v) is 10.8. The molecule has 2 aromatic rings. The van der Waals surface area contributed by atoms with E-state index in [4.69, 9.17) is 0 Å². The number of rotatable bonds is 15. The van der Waals surface area contributed by atoms with E-state index < -0.39 is 48.1 Å². The quantitative estimate of drug-likeness (QED) is 0.165. The third kappa shape index (κ3) is 13.2. The van der Waals surface area contributed by atoms with Crippen molar-refractivity contribution < 1.29 is 28.8 Å². The van der Waals surface area contributed by atoms with Crippen molar-refractivity contribution in [2.24, 2.45) is 0 Å². The highest BCUT2D eigenvalue weighted by atomic mass is 35.5. The van der Waals surface area contributed by atoms with Crippen LogP contribution >= 0.6 is 48.3 Å². The van der Waals surface area contributed by atoms with Crippen LogP contribution in [0.5, 0.6) is 0 Å². The number of Topliss-reactive ketones (excluding diaryl/α,β-unsaturated/α-hetero) is 1. The predicted octanol–water partition coefficient (Wildman–Crippen LogP) is 3.88. The van der Waals surface area contributed by atoms with E-state index in [2.05, 4.69) is 68.5 Å². The second-order valence-electron chi connectivity index (χ2n) is 16.4. The number of aryl methyl sites for hydroxylation is 2. The Hall–Kier alpha value is -4.22. The molecule has 346 valence electrons. The molecule has 2 aromatic carbocycles. The molecule has 2 heterocycles. The molecule has 5 amide bonds. The average molecular weight is 955 g/mol. The van der Waals surface area contributed by atoms with Gasteiger partial charge in [-0.2, -0.15) is 0 Å². The van der Waals surface area contributed by atoms with Crippen molar-refractivity contribution >= 4 is 83.7 Å². The van der Waals surface area contributed by atoms with Crippen LogP contribution in [-0.4, -0.2) is 119 Å². The molecule has 0 unspecified atom stereocenters. The first-order valence-electron chi connectivity index (χ1n) is 21.7. The second kappa shape index (κ2) is 25.5. The first-order valence-corrected chi connectivity index (χ1v) is 24.0. The van der Waals surface area contributed by atoms with Crippen LogP contribution < -0.4 is 26.6 Å². The van der Waals surface area contributed by atoms with Crippen LogP contribution in [0.4, 0.5) is 0 Å². The maximum absolute atomic E-state index is 14.1. The summed E-state index contributed by atoms with van der Waals surface area (Å²) in [4.78, 5) is 85.0.